The molecule has 0 amide bonds. The molecule has 0 heterocycles. The van der Waals surface area contributed by atoms with Crippen LogP contribution in [0.25, 0.3) is 0 Å². The van der Waals surface area contributed by atoms with Crippen molar-refractivity contribution < 1.29 is 23.4 Å². The van der Waals surface area contributed by atoms with Crippen LogP contribution in [0.15, 0.2) is 30.3 Å². The Morgan fingerprint density at radius 1 is 0.895 bits per heavy atom. The summed E-state index contributed by atoms with van der Waals surface area (Å²) in [6, 6.07) is 5.03. The Kier molecular flexibility index (Phi) is 3.50. The molecule has 2 rings (SSSR count). The van der Waals surface area contributed by atoms with Gasteiger partial charge in [0, 0.05) is 30.3 Å². The maximum absolute atomic E-state index is 13.3. The second kappa shape index (κ2) is 5.09. The van der Waals surface area contributed by atoms with Gasteiger partial charge >= 0.3 is 0 Å². The van der Waals surface area contributed by atoms with Gasteiger partial charge < -0.3 is 15.5 Å². The summed E-state index contributed by atoms with van der Waals surface area (Å²) < 4.78 is 39.0. The van der Waals surface area contributed by atoms with Crippen LogP contribution in [-0.4, -0.2) is 10.2 Å². The summed E-state index contributed by atoms with van der Waals surface area (Å²) in [5, 5.41) is 21.1. The minimum Gasteiger partial charge on any atom is -0.508 e. The average molecular weight is 269 g/mol. The van der Waals surface area contributed by atoms with Crippen molar-refractivity contribution in [2.75, 3.05) is 5.32 Å². The molecule has 3 N–H and O–H groups in total. The number of anilines is 1. The number of phenolic OH excluding ortho intramolecular Hbond substituents is 2. The van der Waals surface area contributed by atoms with Crippen LogP contribution in [-0.2, 0) is 6.54 Å². The first-order valence-electron chi connectivity index (χ1n) is 5.36. The summed E-state index contributed by atoms with van der Waals surface area (Å²) in [6.45, 7) is -0.00585. The molecule has 0 aliphatic heterocycles. The molecule has 0 atom stereocenters. The van der Waals surface area contributed by atoms with Gasteiger partial charge in [-0.15, -0.1) is 0 Å². The van der Waals surface area contributed by atoms with Gasteiger partial charge in [-0.1, -0.05) is 0 Å². The first-order chi connectivity index (χ1) is 8.97. The van der Waals surface area contributed by atoms with Gasteiger partial charge in [0.1, 0.15) is 17.3 Å². The number of hydrogen-bond acceptors (Lipinski definition) is 3. The molecule has 100 valence electrons. The number of benzene rings is 2. The average Bonchev–Trinajstić information content (AvgIpc) is 2.34. The summed E-state index contributed by atoms with van der Waals surface area (Å²) >= 11 is 0. The molecule has 2 aromatic rings. The van der Waals surface area contributed by atoms with Gasteiger partial charge in [0.15, 0.2) is 11.6 Å². The summed E-state index contributed by atoms with van der Waals surface area (Å²) in [6.07, 6.45) is 0. The Hall–Kier alpha value is -2.37. The number of phenols is 2. The van der Waals surface area contributed by atoms with E-state index in [1.165, 1.54) is 12.1 Å². The second-order valence-electron chi connectivity index (χ2n) is 3.91. The molecule has 0 unspecified atom stereocenters. The molecule has 0 saturated carbocycles. The van der Waals surface area contributed by atoms with Gasteiger partial charge in [-0.05, 0) is 12.1 Å². The fourth-order valence-electron chi connectivity index (χ4n) is 1.55. The summed E-state index contributed by atoms with van der Waals surface area (Å²) in [5.74, 6) is -3.66. The van der Waals surface area contributed by atoms with Crippen LogP contribution in [0.4, 0.5) is 18.9 Å². The van der Waals surface area contributed by atoms with E-state index in [4.69, 9.17) is 5.11 Å². The van der Waals surface area contributed by atoms with Crippen molar-refractivity contribution in [3.63, 3.8) is 0 Å². The third-order valence-electron chi connectivity index (χ3n) is 2.55. The number of nitrogens with one attached hydrogen (secondary N) is 1. The lowest BCUT2D eigenvalue weighted by atomic mass is 10.2. The minimum absolute atomic E-state index is 0.00585. The molecule has 6 heteroatoms. The van der Waals surface area contributed by atoms with Crippen molar-refractivity contribution in [1.29, 1.82) is 0 Å². The Morgan fingerprint density at radius 2 is 1.58 bits per heavy atom. The van der Waals surface area contributed by atoms with E-state index in [-0.39, 0.29) is 23.7 Å². The SMILES string of the molecule is Oc1ccc(CNc2cc(F)c(F)cc2F)c(O)c1. The Labute approximate surface area is 106 Å². The van der Waals surface area contributed by atoms with Crippen molar-refractivity contribution in [1.82, 2.24) is 0 Å². The zero-order valence-corrected chi connectivity index (χ0v) is 9.62. The van der Waals surface area contributed by atoms with Gasteiger partial charge in [-0.3, -0.25) is 0 Å². The van der Waals surface area contributed by atoms with Gasteiger partial charge in [-0.25, -0.2) is 13.2 Å². The lowest BCUT2D eigenvalue weighted by Crippen LogP contribution is -2.03. The maximum Gasteiger partial charge on any atom is 0.161 e. The molecule has 0 aromatic heterocycles. The third-order valence-corrected chi connectivity index (χ3v) is 2.55. The van der Waals surface area contributed by atoms with Gasteiger partial charge in [-0.2, -0.15) is 0 Å². The van der Waals surface area contributed by atoms with Crippen LogP contribution >= 0.6 is 0 Å². The molecule has 0 fully saturated rings. The Bertz CT molecular complexity index is 617. The van der Waals surface area contributed by atoms with Crippen molar-refractivity contribution in [3.8, 4) is 11.5 Å². The highest BCUT2D eigenvalue weighted by Gasteiger charge is 2.10. The monoisotopic (exact) mass is 269 g/mol. The van der Waals surface area contributed by atoms with E-state index < -0.39 is 17.5 Å². The molecule has 0 radical (unpaired) electrons. The quantitative estimate of drug-likeness (QED) is 0.750. The number of aromatic hydroxyl groups is 2. The van der Waals surface area contributed by atoms with Crippen molar-refractivity contribution in [3.05, 3.63) is 53.3 Å². The highest BCUT2D eigenvalue weighted by atomic mass is 19.2. The zero-order chi connectivity index (χ0) is 14.0. The van der Waals surface area contributed by atoms with Crippen LogP contribution < -0.4 is 5.32 Å². The second-order valence-corrected chi connectivity index (χ2v) is 3.91. The first kappa shape index (κ1) is 13.1. The van der Waals surface area contributed by atoms with Crippen LogP contribution in [0.2, 0.25) is 0 Å². The van der Waals surface area contributed by atoms with E-state index in [0.717, 1.165) is 6.07 Å². The lowest BCUT2D eigenvalue weighted by molar-refractivity contribution is 0.446. The van der Waals surface area contributed by atoms with Crippen LogP contribution in [0.5, 0.6) is 11.5 Å². The topological polar surface area (TPSA) is 52.5 Å². The van der Waals surface area contributed by atoms with E-state index in [1.54, 1.807) is 0 Å². The smallest absolute Gasteiger partial charge is 0.161 e. The Morgan fingerprint density at radius 3 is 2.26 bits per heavy atom. The van der Waals surface area contributed by atoms with E-state index in [9.17, 15) is 18.3 Å². The third kappa shape index (κ3) is 2.90. The van der Waals surface area contributed by atoms with Crippen molar-refractivity contribution in [2.45, 2.75) is 6.54 Å². The summed E-state index contributed by atoms with van der Waals surface area (Å²) in [5.41, 5.74) is 0.160. The van der Waals surface area contributed by atoms with E-state index in [0.29, 0.717) is 17.7 Å². The summed E-state index contributed by atoms with van der Waals surface area (Å²) in [7, 11) is 0. The molecule has 19 heavy (non-hydrogen) atoms. The number of halogens is 3. The predicted molar refractivity (Wildman–Crippen MR) is 63.4 cm³/mol. The summed E-state index contributed by atoms with van der Waals surface area (Å²) in [4.78, 5) is 0. The fourth-order valence-corrected chi connectivity index (χ4v) is 1.55. The van der Waals surface area contributed by atoms with E-state index in [1.807, 2.05) is 0 Å². The van der Waals surface area contributed by atoms with Crippen molar-refractivity contribution in [2.24, 2.45) is 0 Å². The number of rotatable bonds is 3. The van der Waals surface area contributed by atoms with Crippen LogP contribution in [0.3, 0.4) is 0 Å². The predicted octanol–water partition coefficient (Wildman–Crippen LogP) is 3.13. The first-order valence-corrected chi connectivity index (χ1v) is 5.36. The number of hydrogen-bond donors (Lipinski definition) is 3. The highest BCUT2D eigenvalue weighted by Crippen LogP contribution is 2.24. The molecule has 0 spiro atoms. The molecule has 3 nitrogen and oxygen atoms in total. The molecule has 0 bridgehead atoms. The van der Waals surface area contributed by atoms with Crippen LogP contribution in [0, 0.1) is 17.5 Å². The fraction of sp³-hybridized carbons (Fsp3) is 0.0769. The van der Waals surface area contributed by atoms with Gasteiger partial charge in [0.25, 0.3) is 0 Å². The maximum atomic E-state index is 13.3. The van der Waals surface area contributed by atoms with Gasteiger partial charge in [0.05, 0.1) is 5.69 Å². The molecule has 0 aliphatic rings. The largest absolute Gasteiger partial charge is 0.508 e. The molecular weight excluding hydrogens is 259 g/mol. The molecule has 2 aromatic carbocycles. The normalized spacial score (nSPS) is 10.5. The van der Waals surface area contributed by atoms with Crippen LogP contribution in [0.1, 0.15) is 5.56 Å². The molecular formula is C13H10F3NO2. The zero-order valence-electron chi connectivity index (χ0n) is 9.62. The molecule has 0 saturated heterocycles. The Balaban J connectivity index is 2.16. The standard InChI is InChI=1S/C13H10F3NO2/c14-9-4-11(16)12(5-10(9)15)17-6-7-1-2-8(18)3-13(7)19/h1-5,17-19H,6H2. The highest BCUT2D eigenvalue weighted by molar-refractivity contribution is 5.47. The van der Waals surface area contributed by atoms with E-state index >= 15 is 0 Å². The van der Waals surface area contributed by atoms with Gasteiger partial charge in [0.2, 0.25) is 0 Å². The lowest BCUT2D eigenvalue weighted by Gasteiger charge is -2.09. The molecule has 0 aliphatic carbocycles. The van der Waals surface area contributed by atoms with E-state index in [2.05, 4.69) is 5.32 Å². The minimum atomic E-state index is -1.27. The van der Waals surface area contributed by atoms with Crippen molar-refractivity contribution >= 4 is 5.69 Å².